The average molecular weight is 446 g/mol. The highest BCUT2D eigenvalue weighted by atomic mass is 35.5. The van der Waals surface area contributed by atoms with Gasteiger partial charge in [-0.1, -0.05) is 54.1 Å². The third kappa shape index (κ3) is 5.07. The summed E-state index contributed by atoms with van der Waals surface area (Å²) in [6.45, 7) is 13.2. The second kappa shape index (κ2) is 10.1. The summed E-state index contributed by atoms with van der Waals surface area (Å²) in [5.41, 5.74) is 5.42. The molecule has 164 valence electrons. The molecule has 1 atom stereocenters. The number of aryl methyl sites for hydroxylation is 1. The number of hydrogen-bond acceptors (Lipinski definition) is 3. The van der Waals surface area contributed by atoms with E-state index in [0.29, 0.717) is 16.8 Å². The normalized spacial score (nSPS) is 16.0. The van der Waals surface area contributed by atoms with Gasteiger partial charge in [-0.25, -0.2) is 4.85 Å². The summed E-state index contributed by atoms with van der Waals surface area (Å²) in [5, 5.41) is 0.513. The van der Waals surface area contributed by atoms with E-state index in [2.05, 4.69) is 58.0 Å². The van der Waals surface area contributed by atoms with Gasteiger partial charge >= 0.3 is 0 Å². The maximum absolute atomic E-state index is 7.31. The Morgan fingerprint density at radius 1 is 1.12 bits per heavy atom. The minimum Gasteiger partial charge on any atom is -0.497 e. The standard InChI is InChI=1S/C27H28ClN3O/c1-20-7-4-5-9-22(20)18-31(23-11-12-27(29-2)26(28)16-23)24-13-14-30(19-24)17-21-8-6-10-25(15-21)32-3/h4-12,15-16,24H,13-14,17-19H2,1,3H3/t24-/m0/s1. The van der Waals surface area contributed by atoms with E-state index in [1.165, 1.54) is 16.7 Å². The lowest BCUT2D eigenvalue weighted by Crippen LogP contribution is -2.37. The molecule has 0 amide bonds. The lowest BCUT2D eigenvalue weighted by molar-refractivity contribution is 0.323. The Morgan fingerprint density at radius 2 is 1.97 bits per heavy atom. The summed E-state index contributed by atoms with van der Waals surface area (Å²) < 4.78 is 5.38. The van der Waals surface area contributed by atoms with Crippen molar-refractivity contribution in [3.05, 3.63) is 99.9 Å². The van der Waals surface area contributed by atoms with Crippen LogP contribution in [0.4, 0.5) is 11.4 Å². The largest absolute Gasteiger partial charge is 0.497 e. The van der Waals surface area contributed by atoms with Crippen LogP contribution in [0.5, 0.6) is 5.75 Å². The fourth-order valence-corrected chi connectivity index (χ4v) is 4.62. The third-order valence-corrected chi connectivity index (χ3v) is 6.52. The molecular weight excluding hydrogens is 418 g/mol. The maximum Gasteiger partial charge on any atom is 0.205 e. The van der Waals surface area contributed by atoms with Crippen LogP contribution in [0.15, 0.2) is 66.7 Å². The molecule has 5 heteroatoms. The van der Waals surface area contributed by atoms with Crippen molar-refractivity contribution in [2.75, 3.05) is 25.1 Å². The molecule has 1 aliphatic rings. The van der Waals surface area contributed by atoms with E-state index >= 15 is 0 Å². The van der Waals surface area contributed by atoms with Gasteiger partial charge in [0.2, 0.25) is 5.69 Å². The first-order valence-electron chi connectivity index (χ1n) is 10.9. The van der Waals surface area contributed by atoms with Crippen LogP contribution in [-0.2, 0) is 13.1 Å². The summed E-state index contributed by atoms with van der Waals surface area (Å²) in [6.07, 6.45) is 1.08. The third-order valence-electron chi connectivity index (χ3n) is 6.21. The summed E-state index contributed by atoms with van der Waals surface area (Å²) in [7, 11) is 1.71. The number of methoxy groups -OCH3 is 1. The van der Waals surface area contributed by atoms with Crippen LogP contribution >= 0.6 is 11.6 Å². The van der Waals surface area contributed by atoms with Gasteiger partial charge < -0.3 is 9.64 Å². The van der Waals surface area contributed by atoms with E-state index in [9.17, 15) is 0 Å². The van der Waals surface area contributed by atoms with Crippen molar-refractivity contribution in [2.45, 2.75) is 32.5 Å². The molecule has 0 aliphatic carbocycles. The van der Waals surface area contributed by atoms with Crippen LogP contribution < -0.4 is 9.64 Å². The van der Waals surface area contributed by atoms with E-state index in [-0.39, 0.29) is 0 Å². The molecule has 32 heavy (non-hydrogen) atoms. The quantitative estimate of drug-likeness (QED) is 0.387. The van der Waals surface area contributed by atoms with Gasteiger partial charge in [-0.3, -0.25) is 4.90 Å². The molecular formula is C27H28ClN3O. The molecule has 1 saturated heterocycles. The van der Waals surface area contributed by atoms with Crippen molar-refractivity contribution in [3.8, 4) is 5.75 Å². The Labute approximate surface area is 195 Å². The van der Waals surface area contributed by atoms with Gasteiger partial charge in [0.1, 0.15) is 5.75 Å². The molecule has 0 radical (unpaired) electrons. The molecule has 0 saturated carbocycles. The van der Waals surface area contributed by atoms with Gasteiger partial charge in [-0.2, -0.15) is 0 Å². The lowest BCUT2D eigenvalue weighted by atomic mass is 10.1. The number of likely N-dealkylation sites (tertiary alicyclic amines) is 1. The molecule has 0 spiro atoms. The predicted octanol–water partition coefficient (Wildman–Crippen LogP) is 6.49. The lowest BCUT2D eigenvalue weighted by Gasteiger charge is -2.32. The zero-order valence-electron chi connectivity index (χ0n) is 18.6. The number of anilines is 1. The Balaban J connectivity index is 1.56. The van der Waals surface area contributed by atoms with Crippen LogP contribution in [0.25, 0.3) is 4.85 Å². The molecule has 3 aromatic rings. The van der Waals surface area contributed by atoms with Gasteiger partial charge in [0.05, 0.1) is 13.7 Å². The fraction of sp³-hybridized carbons (Fsp3) is 0.296. The minimum atomic E-state index is 0.370. The van der Waals surface area contributed by atoms with Crippen molar-refractivity contribution < 1.29 is 4.74 Å². The van der Waals surface area contributed by atoms with E-state index in [0.717, 1.165) is 44.0 Å². The number of hydrogen-bond donors (Lipinski definition) is 0. The van der Waals surface area contributed by atoms with Crippen molar-refractivity contribution >= 4 is 23.0 Å². The van der Waals surface area contributed by atoms with Gasteiger partial charge in [0, 0.05) is 42.9 Å². The van der Waals surface area contributed by atoms with E-state index in [1.54, 1.807) is 7.11 Å². The van der Waals surface area contributed by atoms with Crippen molar-refractivity contribution in [1.29, 1.82) is 0 Å². The van der Waals surface area contributed by atoms with Gasteiger partial charge in [-0.15, -0.1) is 0 Å². The Bertz CT molecular complexity index is 1120. The summed E-state index contributed by atoms with van der Waals surface area (Å²) >= 11 is 6.42. The summed E-state index contributed by atoms with van der Waals surface area (Å²) in [6, 6.07) is 23.0. The molecule has 1 fully saturated rings. The molecule has 1 heterocycles. The second-order valence-corrected chi connectivity index (χ2v) is 8.74. The minimum absolute atomic E-state index is 0.370. The SMILES string of the molecule is [C-]#[N+]c1ccc(N(Cc2ccccc2C)[C@H]2CCN(Cc3cccc(OC)c3)C2)cc1Cl. The van der Waals surface area contributed by atoms with Gasteiger partial charge in [-0.05, 0) is 54.3 Å². The topological polar surface area (TPSA) is 20.1 Å². The van der Waals surface area contributed by atoms with Crippen LogP contribution in [0.2, 0.25) is 5.02 Å². The molecule has 1 aliphatic heterocycles. The van der Waals surface area contributed by atoms with Gasteiger partial charge in [0.25, 0.3) is 0 Å². The number of rotatable bonds is 7. The van der Waals surface area contributed by atoms with E-state index < -0.39 is 0 Å². The van der Waals surface area contributed by atoms with Gasteiger partial charge in [0.15, 0.2) is 0 Å². The van der Waals surface area contributed by atoms with Crippen LogP contribution in [-0.4, -0.2) is 31.1 Å². The molecule has 4 nitrogen and oxygen atoms in total. The first-order chi connectivity index (χ1) is 15.6. The Kier molecular flexibility index (Phi) is 6.99. The summed E-state index contributed by atoms with van der Waals surface area (Å²) in [5.74, 6) is 0.897. The monoisotopic (exact) mass is 445 g/mol. The first kappa shape index (κ1) is 22.2. The summed E-state index contributed by atoms with van der Waals surface area (Å²) in [4.78, 5) is 8.47. The molecule has 0 unspecified atom stereocenters. The van der Waals surface area contributed by atoms with Crippen molar-refractivity contribution in [3.63, 3.8) is 0 Å². The second-order valence-electron chi connectivity index (χ2n) is 8.33. The highest BCUT2D eigenvalue weighted by Gasteiger charge is 2.28. The highest BCUT2D eigenvalue weighted by molar-refractivity contribution is 6.33. The van der Waals surface area contributed by atoms with Crippen molar-refractivity contribution in [1.82, 2.24) is 4.90 Å². The number of benzene rings is 3. The van der Waals surface area contributed by atoms with Crippen molar-refractivity contribution in [2.24, 2.45) is 0 Å². The molecule has 4 rings (SSSR count). The van der Waals surface area contributed by atoms with E-state index in [1.807, 2.05) is 30.3 Å². The highest BCUT2D eigenvalue weighted by Crippen LogP contribution is 2.33. The smallest absolute Gasteiger partial charge is 0.205 e. The number of ether oxygens (including phenoxy) is 1. The predicted molar refractivity (Wildman–Crippen MR) is 132 cm³/mol. The average Bonchev–Trinajstić information content (AvgIpc) is 3.26. The molecule has 3 aromatic carbocycles. The Hall–Kier alpha value is -3.00. The number of nitrogens with zero attached hydrogens (tertiary/aromatic N) is 3. The van der Waals surface area contributed by atoms with Crippen LogP contribution in [0.3, 0.4) is 0 Å². The maximum atomic E-state index is 7.31. The van der Waals surface area contributed by atoms with Crippen LogP contribution in [0.1, 0.15) is 23.1 Å². The molecule has 0 N–H and O–H groups in total. The van der Waals surface area contributed by atoms with E-state index in [4.69, 9.17) is 22.9 Å². The first-order valence-corrected chi connectivity index (χ1v) is 11.3. The molecule has 0 bridgehead atoms. The number of halogens is 1. The zero-order chi connectivity index (χ0) is 22.5. The Morgan fingerprint density at radius 3 is 2.72 bits per heavy atom. The molecule has 0 aromatic heterocycles. The fourth-order valence-electron chi connectivity index (χ4n) is 4.41. The van der Waals surface area contributed by atoms with Crippen LogP contribution in [0, 0.1) is 13.5 Å². The zero-order valence-corrected chi connectivity index (χ0v) is 19.3.